The van der Waals surface area contributed by atoms with Gasteiger partial charge in [-0.2, -0.15) is 0 Å². The molecule has 0 spiro atoms. The summed E-state index contributed by atoms with van der Waals surface area (Å²) in [6.07, 6.45) is 2.28. The first kappa shape index (κ1) is 29.2. The van der Waals surface area contributed by atoms with E-state index in [1.807, 2.05) is 18.2 Å². The molecule has 0 atom stereocenters. The Bertz CT molecular complexity index is 1050. The summed E-state index contributed by atoms with van der Waals surface area (Å²) in [7, 11) is 1.63. The highest BCUT2D eigenvalue weighted by molar-refractivity contribution is 6.31. The average Bonchev–Trinajstić information content (AvgIpc) is 2.84. The number of hydrogen-bond acceptors (Lipinski definition) is 4. The molecule has 1 heterocycles. The van der Waals surface area contributed by atoms with Gasteiger partial charge in [0.2, 0.25) is 0 Å². The minimum atomic E-state index is -0.361. The molecular weight excluding hydrogens is 510 g/mol. The number of methoxy groups -OCH3 is 1. The smallest absolute Gasteiger partial charge is 0.161 e. The maximum Gasteiger partial charge on any atom is 0.161 e. The van der Waals surface area contributed by atoms with Crippen LogP contribution < -0.4 is 14.8 Å². The number of hydrogen-bond donors (Lipinski definition) is 1. The van der Waals surface area contributed by atoms with E-state index < -0.39 is 0 Å². The molecule has 0 bridgehead atoms. The van der Waals surface area contributed by atoms with Gasteiger partial charge in [-0.25, -0.2) is 4.39 Å². The molecule has 4 nitrogen and oxygen atoms in total. The van der Waals surface area contributed by atoms with Crippen molar-refractivity contribution in [3.63, 3.8) is 0 Å². The molecule has 1 aliphatic rings. The van der Waals surface area contributed by atoms with Crippen LogP contribution in [-0.2, 0) is 19.7 Å². The third-order valence-electron chi connectivity index (χ3n) is 6.06. The lowest BCUT2D eigenvalue weighted by Crippen LogP contribution is -2.41. The van der Waals surface area contributed by atoms with Gasteiger partial charge in [0.1, 0.15) is 12.4 Å². The summed E-state index contributed by atoms with van der Waals surface area (Å²) in [6, 6.07) is 21.4. The highest BCUT2D eigenvalue weighted by Crippen LogP contribution is 2.30. The van der Waals surface area contributed by atoms with E-state index in [1.54, 1.807) is 13.2 Å². The van der Waals surface area contributed by atoms with Crippen molar-refractivity contribution in [1.82, 2.24) is 10.2 Å². The van der Waals surface area contributed by atoms with Gasteiger partial charge in [0.05, 0.1) is 12.1 Å². The Kier molecular flexibility index (Phi) is 12.1. The largest absolute Gasteiger partial charge is 0.493 e. The SMILES string of the molecule is COc1cc(CNC2CCN(Cc3ccccc3)CC2)ccc1OCc1ccc(F)cc1Cl.Cl.Cl. The molecule has 1 fully saturated rings. The molecule has 1 N–H and O–H groups in total. The van der Waals surface area contributed by atoms with E-state index in [2.05, 4.69) is 40.5 Å². The second-order valence-corrected chi connectivity index (χ2v) is 8.83. The van der Waals surface area contributed by atoms with Crippen molar-refractivity contribution < 1.29 is 13.9 Å². The van der Waals surface area contributed by atoms with Crippen molar-refractivity contribution in [3.05, 3.63) is 94.3 Å². The molecule has 0 radical (unpaired) electrons. The van der Waals surface area contributed by atoms with Crippen molar-refractivity contribution in [1.29, 1.82) is 0 Å². The van der Waals surface area contributed by atoms with Crippen LogP contribution in [0.15, 0.2) is 66.7 Å². The molecule has 8 heteroatoms. The van der Waals surface area contributed by atoms with E-state index in [9.17, 15) is 4.39 Å². The third-order valence-corrected chi connectivity index (χ3v) is 6.41. The number of ether oxygens (including phenoxy) is 2. The molecule has 0 amide bonds. The van der Waals surface area contributed by atoms with Gasteiger partial charge < -0.3 is 14.8 Å². The lowest BCUT2D eigenvalue weighted by atomic mass is 10.0. The molecule has 35 heavy (non-hydrogen) atoms. The molecular formula is C27H32Cl3FN2O2. The number of halogens is 4. The number of likely N-dealkylation sites (tertiary alicyclic amines) is 1. The Morgan fingerprint density at radius 3 is 2.37 bits per heavy atom. The Morgan fingerprint density at radius 1 is 0.943 bits per heavy atom. The normalized spacial score (nSPS) is 14.0. The number of nitrogens with zero attached hydrogens (tertiary/aromatic N) is 1. The van der Waals surface area contributed by atoms with Crippen LogP contribution in [0.5, 0.6) is 11.5 Å². The van der Waals surface area contributed by atoms with Crippen LogP contribution in [0.25, 0.3) is 0 Å². The summed E-state index contributed by atoms with van der Waals surface area (Å²) in [6.45, 7) is 4.26. The van der Waals surface area contributed by atoms with Gasteiger partial charge in [0, 0.05) is 24.7 Å². The number of rotatable bonds is 9. The van der Waals surface area contributed by atoms with Crippen LogP contribution in [0.4, 0.5) is 4.39 Å². The molecule has 0 aliphatic carbocycles. The minimum absolute atomic E-state index is 0. The fourth-order valence-corrected chi connectivity index (χ4v) is 4.36. The molecule has 3 aromatic carbocycles. The fraction of sp³-hybridized carbons (Fsp3) is 0.333. The summed E-state index contributed by atoms with van der Waals surface area (Å²) < 4.78 is 24.7. The Morgan fingerprint density at radius 2 is 1.69 bits per heavy atom. The molecule has 1 saturated heterocycles. The number of nitrogens with one attached hydrogen (secondary N) is 1. The summed E-state index contributed by atoms with van der Waals surface area (Å²) >= 11 is 6.10. The van der Waals surface area contributed by atoms with Gasteiger partial charge in [-0.3, -0.25) is 4.90 Å². The van der Waals surface area contributed by atoms with Gasteiger partial charge >= 0.3 is 0 Å². The van der Waals surface area contributed by atoms with Gasteiger partial charge in [0.15, 0.2) is 11.5 Å². The van der Waals surface area contributed by atoms with E-state index in [0.29, 0.717) is 22.6 Å². The Labute approximate surface area is 224 Å². The Balaban J connectivity index is 0.00000216. The molecule has 0 aromatic heterocycles. The highest BCUT2D eigenvalue weighted by atomic mass is 35.5. The molecule has 0 saturated carbocycles. The maximum absolute atomic E-state index is 13.2. The van der Waals surface area contributed by atoms with Crippen molar-refractivity contribution in [2.24, 2.45) is 0 Å². The summed E-state index contributed by atoms with van der Waals surface area (Å²) in [4.78, 5) is 2.52. The first-order valence-electron chi connectivity index (χ1n) is 11.3. The Hall–Kier alpha value is -2.02. The van der Waals surface area contributed by atoms with Crippen LogP contribution in [0.1, 0.15) is 29.5 Å². The summed E-state index contributed by atoms with van der Waals surface area (Å²) in [5.41, 5.74) is 3.25. The second kappa shape index (κ2) is 14.5. The zero-order chi connectivity index (χ0) is 23.0. The van der Waals surface area contributed by atoms with Crippen molar-refractivity contribution >= 4 is 36.4 Å². The quantitative estimate of drug-likeness (QED) is 0.328. The summed E-state index contributed by atoms with van der Waals surface area (Å²) in [5, 5.41) is 4.04. The molecule has 1 aliphatic heterocycles. The molecule has 0 unspecified atom stereocenters. The van der Waals surface area contributed by atoms with Crippen LogP contribution in [0.3, 0.4) is 0 Å². The summed E-state index contributed by atoms with van der Waals surface area (Å²) in [5.74, 6) is 0.945. The number of piperidine rings is 1. The lowest BCUT2D eigenvalue weighted by Gasteiger charge is -2.32. The van der Waals surface area contributed by atoms with E-state index in [1.165, 1.54) is 17.7 Å². The van der Waals surface area contributed by atoms with Crippen LogP contribution in [-0.4, -0.2) is 31.1 Å². The van der Waals surface area contributed by atoms with E-state index in [4.69, 9.17) is 21.1 Å². The predicted octanol–water partition coefficient (Wildman–Crippen LogP) is 6.66. The van der Waals surface area contributed by atoms with Crippen molar-refractivity contribution in [2.75, 3.05) is 20.2 Å². The first-order valence-corrected chi connectivity index (χ1v) is 11.7. The minimum Gasteiger partial charge on any atom is -0.493 e. The van der Waals surface area contributed by atoms with Crippen LogP contribution in [0.2, 0.25) is 5.02 Å². The topological polar surface area (TPSA) is 33.7 Å². The fourth-order valence-electron chi connectivity index (χ4n) is 4.13. The van der Waals surface area contributed by atoms with Crippen LogP contribution >= 0.6 is 36.4 Å². The standard InChI is InChI=1S/C27H30ClFN2O2.2ClH/c1-32-27-15-21(7-10-26(27)33-19-22-8-9-23(29)16-25(22)28)17-30-24-11-13-31(14-12-24)18-20-5-3-2-4-6-20;;/h2-10,15-16,24,30H,11-14,17-19H2,1H3;2*1H. The maximum atomic E-state index is 13.2. The van der Waals surface area contributed by atoms with E-state index in [-0.39, 0.29) is 37.2 Å². The monoisotopic (exact) mass is 540 g/mol. The number of benzene rings is 3. The van der Waals surface area contributed by atoms with Crippen molar-refractivity contribution in [2.45, 2.75) is 38.6 Å². The molecule has 4 rings (SSSR count). The van der Waals surface area contributed by atoms with E-state index in [0.717, 1.165) is 50.1 Å². The lowest BCUT2D eigenvalue weighted by molar-refractivity contribution is 0.190. The molecule has 3 aromatic rings. The zero-order valence-corrected chi connectivity index (χ0v) is 22.1. The van der Waals surface area contributed by atoms with Gasteiger partial charge in [0.25, 0.3) is 0 Å². The molecule has 190 valence electrons. The second-order valence-electron chi connectivity index (χ2n) is 8.43. The zero-order valence-electron chi connectivity index (χ0n) is 19.7. The van der Waals surface area contributed by atoms with Crippen LogP contribution in [0, 0.1) is 5.82 Å². The predicted molar refractivity (Wildman–Crippen MR) is 145 cm³/mol. The van der Waals surface area contributed by atoms with Crippen molar-refractivity contribution in [3.8, 4) is 11.5 Å². The van der Waals surface area contributed by atoms with Gasteiger partial charge in [-0.15, -0.1) is 24.8 Å². The van der Waals surface area contributed by atoms with Gasteiger partial charge in [-0.1, -0.05) is 54.1 Å². The van der Waals surface area contributed by atoms with E-state index >= 15 is 0 Å². The van der Waals surface area contributed by atoms with Gasteiger partial charge in [-0.05, 0) is 61.3 Å². The third kappa shape index (κ3) is 8.55. The highest BCUT2D eigenvalue weighted by Gasteiger charge is 2.19. The average molecular weight is 542 g/mol. The first-order chi connectivity index (χ1) is 16.1.